The molecule has 2 aromatic carbocycles. The number of likely N-dealkylation sites (tertiary alicyclic amines) is 1. The van der Waals surface area contributed by atoms with Gasteiger partial charge in [-0.1, -0.05) is 18.1 Å². The van der Waals surface area contributed by atoms with Crippen molar-refractivity contribution in [3.05, 3.63) is 52.6 Å². The molecule has 8 nitrogen and oxygen atoms in total. The Hall–Kier alpha value is -3.98. The highest BCUT2D eigenvalue weighted by Crippen LogP contribution is 2.40. The van der Waals surface area contributed by atoms with E-state index in [1.807, 2.05) is 18.2 Å². The van der Waals surface area contributed by atoms with Crippen LogP contribution in [0, 0.1) is 23.7 Å². The molecule has 4 heterocycles. The summed E-state index contributed by atoms with van der Waals surface area (Å²) in [6.45, 7) is 6.34. The SMILES string of the molecule is C#Cc1cccc2cc(O)cc(N3CCc4c(N5CCNCC5)nc(OC[C@@H]5CCCN5C)c(C#N)c4C3)c12. The van der Waals surface area contributed by atoms with Crippen molar-refractivity contribution in [1.82, 2.24) is 15.2 Å². The lowest BCUT2D eigenvalue weighted by Gasteiger charge is -2.37. The van der Waals surface area contributed by atoms with E-state index in [-0.39, 0.29) is 5.75 Å². The van der Waals surface area contributed by atoms with E-state index in [0.717, 1.165) is 97.5 Å². The van der Waals surface area contributed by atoms with Gasteiger partial charge in [0.15, 0.2) is 0 Å². The van der Waals surface area contributed by atoms with Crippen LogP contribution >= 0.6 is 0 Å². The van der Waals surface area contributed by atoms with Gasteiger partial charge in [0.05, 0.1) is 0 Å². The van der Waals surface area contributed by atoms with E-state index in [0.29, 0.717) is 30.6 Å². The number of fused-ring (bicyclic) bond motifs is 2. The van der Waals surface area contributed by atoms with E-state index < -0.39 is 0 Å². The third kappa shape index (κ3) is 4.71. The number of rotatable bonds is 5. The van der Waals surface area contributed by atoms with Crippen LogP contribution in [0.3, 0.4) is 0 Å². The van der Waals surface area contributed by atoms with Crippen molar-refractivity contribution in [2.24, 2.45) is 0 Å². The molecule has 0 saturated carbocycles. The summed E-state index contributed by atoms with van der Waals surface area (Å²) < 4.78 is 6.34. The van der Waals surface area contributed by atoms with Gasteiger partial charge in [-0.2, -0.15) is 10.2 Å². The first-order valence-electron chi connectivity index (χ1n) is 13.8. The second kappa shape index (κ2) is 10.6. The Morgan fingerprint density at radius 1 is 1.15 bits per heavy atom. The molecule has 200 valence electrons. The molecule has 2 saturated heterocycles. The monoisotopic (exact) mass is 522 g/mol. The zero-order chi connectivity index (χ0) is 26.9. The van der Waals surface area contributed by atoms with Gasteiger partial charge in [-0.05, 0) is 50.4 Å². The lowest BCUT2D eigenvalue weighted by atomic mass is 9.94. The Bertz CT molecular complexity index is 1480. The van der Waals surface area contributed by atoms with E-state index in [2.05, 4.69) is 39.1 Å². The van der Waals surface area contributed by atoms with Crippen LogP contribution in [-0.4, -0.2) is 74.0 Å². The molecule has 3 aromatic rings. The highest BCUT2D eigenvalue weighted by Gasteiger charge is 2.31. The Labute approximate surface area is 229 Å². The summed E-state index contributed by atoms with van der Waals surface area (Å²) in [5.74, 6) is 4.37. The number of nitriles is 1. The Morgan fingerprint density at radius 2 is 2.00 bits per heavy atom. The van der Waals surface area contributed by atoms with Crippen molar-refractivity contribution in [2.45, 2.75) is 31.8 Å². The van der Waals surface area contributed by atoms with Crippen LogP contribution in [0.5, 0.6) is 11.6 Å². The molecule has 6 rings (SSSR count). The Balaban J connectivity index is 1.43. The van der Waals surface area contributed by atoms with Gasteiger partial charge in [0.25, 0.3) is 0 Å². The molecule has 8 heteroatoms. The minimum absolute atomic E-state index is 0.193. The fourth-order valence-corrected chi connectivity index (χ4v) is 6.28. The molecule has 0 bridgehead atoms. The quantitative estimate of drug-likeness (QED) is 0.494. The van der Waals surface area contributed by atoms with Crippen molar-refractivity contribution in [3.63, 3.8) is 0 Å². The number of nitrogens with one attached hydrogen (secondary N) is 1. The van der Waals surface area contributed by atoms with Crippen LogP contribution in [0.4, 0.5) is 11.5 Å². The highest BCUT2D eigenvalue weighted by molar-refractivity contribution is 6.00. The van der Waals surface area contributed by atoms with Gasteiger partial charge in [0.1, 0.15) is 29.8 Å². The number of phenolic OH excluding ortho intramolecular Hbond substituents is 1. The molecule has 0 amide bonds. The fourth-order valence-electron chi connectivity index (χ4n) is 6.28. The standard InChI is InChI=1S/C31H34N6O2/c1-3-21-6-4-7-22-16-24(38)17-28(29(21)22)37-13-9-25-27(19-37)26(18-32)31(39-20-23-8-5-12-35(23)2)34-30(25)36-14-10-33-11-15-36/h1,4,6-7,16-17,23,33,38H,5,8-15,19-20H2,2H3/t23-/m0/s1. The summed E-state index contributed by atoms with van der Waals surface area (Å²) in [5.41, 5.74) is 4.25. The molecule has 0 spiro atoms. The number of anilines is 2. The van der Waals surface area contributed by atoms with Crippen molar-refractivity contribution in [1.29, 1.82) is 5.26 Å². The Kier molecular flexibility index (Phi) is 6.91. The van der Waals surface area contributed by atoms with Crippen molar-refractivity contribution >= 4 is 22.3 Å². The Morgan fingerprint density at radius 3 is 2.74 bits per heavy atom. The molecule has 3 aliphatic heterocycles. The number of aromatic hydroxyl groups is 1. The minimum Gasteiger partial charge on any atom is -0.508 e. The number of hydrogen-bond acceptors (Lipinski definition) is 8. The summed E-state index contributed by atoms with van der Waals surface area (Å²) in [6.07, 6.45) is 8.86. The van der Waals surface area contributed by atoms with Gasteiger partial charge in [-0.15, -0.1) is 6.42 Å². The predicted molar refractivity (Wildman–Crippen MR) is 153 cm³/mol. The molecule has 39 heavy (non-hydrogen) atoms. The van der Waals surface area contributed by atoms with Crippen molar-refractivity contribution < 1.29 is 9.84 Å². The van der Waals surface area contributed by atoms with Crippen LogP contribution < -0.4 is 19.9 Å². The first-order chi connectivity index (χ1) is 19.1. The second-order valence-corrected chi connectivity index (χ2v) is 10.7. The molecule has 2 fully saturated rings. The molecular weight excluding hydrogens is 488 g/mol. The van der Waals surface area contributed by atoms with Crippen LogP contribution in [0.2, 0.25) is 0 Å². The van der Waals surface area contributed by atoms with E-state index in [9.17, 15) is 10.4 Å². The summed E-state index contributed by atoms with van der Waals surface area (Å²) in [4.78, 5) is 11.9. The zero-order valence-electron chi connectivity index (χ0n) is 22.4. The summed E-state index contributed by atoms with van der Waals surface area (Å²) in [6, 6.07) is 12.1. The third-order valence-electron chi connectivity index (χ3n) is 8.39. The zero-order valence-corrected chi connectivity index (χ0v) is 22.4. The normalized spacial score (nSPS) is 19.5. The van der Waals surface area contributed by atoms with Gasteiger partial charge in [0.2, 0.25) is 5.88 Å². The number of aromatic nitrogens is 1. The number of phenols is 1. The van der Waals surface area contributed by atoms with Crippen molar-refractivity contribution in [2.75, 3.05) is 62.7 Å². The number of piperazine rings is 1. The summed E-state index contributed by atoms with van der Waals surface area (Å²) in [7, 11) is 2.13. The van der Waals surface area contributed by atoms with Gasteiger partial charge in [-0.25, -0.2) is 0 Å². The van der Waals surface area contributed by atoms with E-state index >= 15 is 0 Å². The molecule has 2 N–H and O–H groups in total. The smallest absolute Gasteiger partial charge is 0.234 e. The second-order valence-electron chi connectivity index (χ2n) is 10.7. The number of hydrogen-bond donors (Lipinski definition) is 2. The summed E-state index contributed by atoms with van der Waals surface area (Å²) in [5, 5.41) is 26.2. The number of benzene rings is 2. The average Bonchev–Trinajstić information content (AvgIpc) is 3.38. The molecule has 1 atom stereocenters. The maximum Gasteiger partial charge on any atom is 0.234 e. The molecule has 3 aliphatic rings. The largest absolute Gasteiger partial charge is 0.508 e. The molecule has 0 radical (unpaired) electrons. The fraction of sp³-hybridized carbons (Fsp3) is 0.419. The van der Waals surface area contributed by atoms with Crippen LogP contribution in [0.25, 0.3) is 10.8 Å². The first-order valence-corrected chi connectivity index (χ1v) is 13.8. The number of pyridine rings is 1. The third-order valence-corrected chi connectivity index (χ3v) is 8.39. The summed E-state index contributed by atoms with van der Waals surface area (Å²) >= 11 is 0. The van der Waals surface area contributed by atoms with Crippen LogP contribution in [0.1, 0.15) is 35.1 Å². The molecule has 0 unspecified atom stereocenters. The maximum atomic E-state index is 10.6. The lowest BCUT2D eigenvalue weighted by Crippen LogP contribution is -2.45. The number of terminal acetylenes is 1. The first kappa shape index (κ1) is 25.3. The predicted octanol–water partition coefficient (Wildman–Crippen LogP) is 3.24. The molecule has 0 aliphatic carbocycles. The van der Waals surface area contributed by atoms with Crippen LogP contribution in [0.15, 0.2) is 30.3 Å². The van der Waals surface area contributed by atoms with Gasteiger partial charge < -0.3 is 29.9 Å². The maximum absolute atomic E-state index is 10.6. The number of nitrogens with zero attached hydrogens (tertiary/aromatic N) is 5. The van der Waals surface area contributed by atoms with Crippen molar-refractivity contribution in [3.8, 4) is 30.0 Å². The van der Waals surface area contributed by atoms with E-state index in [1.165, 1.54) is 0 Å². The van der Waals surface area contributed by atoms with Crippen LogP contribution in [-0.2, 0) is 13.0 Å². The molecular formula is C31H34N6O2. The number of ether oxygens (including phenoxy) is 1. The minimum atomic E-state index is 0.193. The topological polar surface area (TPSA) is 87.9 Å². The number of likely N-dealkylation sites (N-methyl/N-ethyl adjacent to an activating group) is 1. The van der Waals surface area contributed by atoms with Gasteiger partial charge in [0, 0.05) is 79.1 Å². The highest BCUT2D eigenvalue weighted by atomic mass is 16.5. The molecule has 1 aromatic heterocycles. The van der Waals surface area contributed by atoms with Gasteiger partial charge >= 0.3 is 0 Å². The lowest BCUT2D eigenvalue weighted by molar-refractivity contribution is 0.193. The average molecular weight is 523 g/mol. The van der Waals surface area contributed by atoms with E-state index in [1.54, 1.807) is 12.1 Å². The van der Waals surface area contributed by atoms with Gasteiger partial charge in [-0.3, -0.25) is 0 Å². The van der Waals surface area contributed by atoms with E-state index in [4.69, 9.17) is 16.1 Å².